The third-order valence-electron chi connectivity index (χ3n) is 4.35. The maximum absolute atomic E-state index is 13.2. The summed E-state index contributed by atoms with van der Waals surface area (Å²) in [7, 11) is 0. The first kappa shape index (κ1) is 13.5. The summed E-state index contributed by atoms with van der Waals surface area (Å²) < 4.78 is 13.2. The minimum Gasteiger partial charge on any atom is -0.314 e. The van der Waals surface area contributed by atoms with Crippen LogP contribution in [-0.4, -0.2) is 12.6 Å². The van der Waals surface area contributed by atoms with Gasteiger partial charge in [0.15, 0.2) is 0 Å². The molecule has 1 fully saturated rings. The van der Waals surface area contributed by atoms with Gasteiger partial charge in [0.25, 0.3) is 0 Å². The van der Waals surface area contributed by atoms with E-state index < -0.39 is 0 Å². The monoisotopic (exact) mass is 249 g/mol. The highest BCUT2D eigenvalue weighted by atomic mass is 19.1. The van der Waals surface area contributed by atoms with Crippen LogP contribution in [0.5, 0.6) is 0 Å². The van der Waals surface area contributed by atoms with E-state index in [-0.39, 0.29) is 5.82 Å². The van der Waals surface area contributed by atoms with E-state index >= 15 is 0 Å². The van der Waals surface area contributed by atoms with E-state index in [9.17, 15) is 4.39 Å². The molecule has 1 aromatic carbocycles. The standard InChI is InChI=1S/C16H24FN/c1-4-9-18-16-8-7-15(12(16)3)14-6-5-13(17)10-11(14)2/h5-6,10,12,15-16,18H,4,7-9H2,1-3H3. The Morgan fingerprint density at radius 1 is 1.33 bits per heavy atom. The number of nitrogens with one attached hydrogen (secondary N) is 1. The number of rotatable bonds is 4. The zero-order valence-electron chi connectivity index (χ0n) is 11.7. The fraction of sp³-hybridized carbons (Fsp3) is 0.625. The third kappa shape index (κ3) is 2.74. The lowest BCUT2D eigenvalue weighted by Crippen LogP contribution is -2.32. The van der Waals surface area contributed by atoms with E-state index in [2.05, 4.69) is 19.2 Å². The average molecular weight is 249 g/mol. The lowest BCUT2D eigenvalue weighted by Gasteiger charge is -2.23. The lowest BCUT2D eigenvalue weighted by atomic mass is 9.86. The van der Waals surface area contributed by atoms with Crippen molar-refractivity contribution in [2.45, 2.75) is 52.0 Å². The first-order valence-corrected chi connectivity index (χ1v) is 7.13. The maximum Gasteiger partial charge on any atom is 0.123 e. The summed E-state index contributed by atoms with van der Waals surface area (Å²) in [4.78, 5) is 0. The predicted molar refractivity (Wildman–Crippen MR) is 74.4 cm³/mol. The normalized spacial score (nSPS) is 27.7. The number of benzene rings is 1. The SMILES string of the molecule is CCCNC1CCC(c2ccc(F)cc2C)C1C. The average Bonchev–Trinajstić information content (AvgIpc) is 2.68. The zero-order chi connectivity index (χ0) is 13.1. The van der Waals surface area contributed by atoms with Crippen molar-refractivity contribution < 1.29 is 4.39 Å². The summed E-state index contributed by atoms with van der Waals surface area (Å²) >= 11 is 0. The molecule has 0 bridgehead atoms. The molecule has 2 heteroatoms. The van der Waals surface area contributed by atoms with Crippen LogP contribution in [0.4, 0.5) is 4.39 Å². The molecule has 0 amide bonds. The van der Waals surface area contributed by atoms with Crippen LogP contribution in [0.25, 0.3) is 0 Å². The Kier molecular flexibility index (Phi) is 4.39. The van der Waals surface area contributed by atoms with Crippen LogP contribution in [0.3, 0.4) is 0 Å². The second kappa shape index (κ2) is 5.83. The molecule has 1 saturated carbocycles. The molecule has 0 aromatic heterocycles. The Morgan fingerprint density at radius 2 is 2.11 bits per heavy atom. The molecule has 0 radical (unpaired) electrons. The van der Waals surface area contributed by atoms with Gasteiger partial charge < -0.3 is 5.32 Å². The van der Waals surface area contributed by atoms with Crippen LogP contribution in [0.1, 0.15) is 50.2 Å². The molecule has 0 spiro atoms. The van der Waals surface area contributed by atoms with Crippen LogP contribution in [0.15, 0.2) is 18.2 Å². The van der Waals surface area contributed by atoms with Crippen molar-refractivity contribution in [1.82, 2.24) is 5.32 Å². The van der Waals surface area contributed by atoms with Gasteiger partial charge in [0.05, 0.1) is 0 Å². The van der Waals surface area contributed by atoms with E-state index in [0.29, 0.717) is 17.9 Å². The number of halogens is 1. The van der Waals surface area contributed by atoms with Gasteiger partial charge >= 0.3 is 0 Å². The molecule has 18 heavy (non-hydrogen) atoms. The first-order valence-electron chi connectivity index (χ1n) is 7.13. The molecule has 3 atom stereocenters. The Morgan fingerprint density at radius 3 is 2.78 bits per heavy atom. The molecule has 0 heterocycles. The number of hydrogen-bond acceptors (Lipinski definition) is 1. The second-order valence-corrected chi connectivity index (χ2v) is 5.60. The molecule has 2 rings (SSSR count). The van der Waals surface area contributed by atoms with Crippen LogP contribution < -0.4 is 5.32 Å². The van der Waals surface area contributed by atoms with Crippen molar-refractivity contribution in [2.24, 2.45) is 5.92 Å². The van der Waals surface area contributed by atoms with E-state index in [4.69, 9.17) is 0 Å². The van der Waals surface area contributed by atoms with Gasteiger partial charge in [-0.05, 0) is 67.8 Å². The van der Waals surface area contributed by atoms with Gasteiger partial charge in [0.2, 0.25) is 0 Å². The minimum absolute atomic E-state index is 0.123. The summed E-state index contributed by atoms with van der Waals surface area (Å²) in [6.07, 6.45) is 3.64. The fourth-order valence-electron chi connectivity index (χ4n) is 3.28. The van der Waals surface area contributed by atoms with Crippen LogP contribution in [-0.2, 0) is 0 Å². The smallest absolute Gasteiger partial charge is 0.123 e. The molecule has 1 aliphatic rings. The van der Waals surface area contributed by atoms with Gasteiger partial charge in [0, 0.05) is 6.04 Å². The predicted octanol–water partition coefficient (Wildman–Crippen LogP) is 4.02. The molecule has 1 aromatic rings. The quantitative estimate of drug-likeness (QED) is 0.850. The second-order valence-electron chi connectivity index (χ2n) is 5.60. The molecular weight excluding hydrogens is 225 g/mol. The van der Waals surface area contributed by atoms with E-state index in [0.717, 1.165) is 12.1 Å². The van der Waals surface area contributed by atoms with E-state index in [1.54, 1.807) is 12.1 Å². The van der Waals surface area contributed by atoms with Gasteiger partial charge in [-0.15, -0.1) is 0 Å². The molecule has 0 saturated heterocycles. The zero-order valence-corrected chi connectivity index (χ0v) is 11.7. The van der Waals surface area contributed by atoms with Crippen molar-refractivity contribution in [1.29, 1.82) is 0 Å². The van der Waals surface area contributed by atoms with Crippen molar-refractivity contribution in [3.8, 4) is 0 Å². The molecule has 100 valence electrons. The molecular formula is C16H24FN. The largest absolute Gasteiger partial charge is 0.314 e. The van der Waals surface area contributed by atoms with Crippen molar-refractivity contribution in [2.75, 3.05) is 6.54 Å². The van der Waals surface area contributed by atoms with Crippen molar-refractivity contribution in [3.05, 3.63) is 35.1 Å². The molecule has 3 unspecified atom stereocenters. The maximum atomic E-state index is 13.2. The molecule has 1 N–H and O–H groups in total. The van der Waals surface area contributed by atoms with Gasteiger partial charge in [-0.2, -0.15) is 0 Å². The Balaban J connectivity index is 2.10. The van der Waals surface area contributed by atoms with Gasteiger partial charge in [-0.1, -0.05) is 19.9 Å². The van der Waals surface area contributed by atoms with Crippen LogP contribution >= 0.6 is 0 Å². The van der Waals surface area contributed by atoms with E-state index in [1.165, 1.54) is 24.8 Å². The fourth-order valence-corrected chi connectivity index (χ4v) is 3.28. The highest BCUT2D eigenvalue weighted by Gasteiger charge is 2.33. The highest BCUT2D eigenvalue weighted by molar-refractivity contribution is 5.31. The lowest BCUT2D eigenvalue weighted by molar-refractivity contribution is 0.404. The molecule has 1 nitrogen and oxygen atoms in total. The van der Waals surface area contributed by atoms with Gasteiger partial charge in [-0.3, -0.25) is 0 Å². The number of hydrogen-bond donors (Lipinski definition) is 1. The van der Waals surface area contributed by atoms with Crippen molar-refractivity contribution >= 4 is 0 Å². The van der Waals surface area contributed by atoms with Crippen molar-refractivity contribution in [3.63, 3.8) is 0 Å². The molecule has 1 aliphatic carbocycles. The Labute approximate surface area is 110 Å². The minimum atomic E-state index is -0.123. The Hall–Kier alpha value is -0.890. The van der Waals surface area contributed by atoms with Crippen LogP contribution in [0, 0.1) is 18.7 Å². The summed E-state index contributed by atoms with van der Waals surface area (Å²) in [5.41, 5.74) is 2.44. The van der Waals surface area contributed by atoms with E-state index in [1.807, 2.05) is 13.0 Å². The third-order valence-corrected chi connectivity index (χ3v) is 4.35. The van der Waals surface area contributed by atoms with Crippen LogP contribution in [0.2, 0.25) is 0 Å². The highest BCUT2D eigenvalue weighted by Crippen LogP contribution is 2.40. The number of aryl methyl sites for hydroxylation is 1. The summed E-state index contributed by atoms with van der Waals surface area (Å²) in [5.74, 6) is 1.10. The molecule has 0 aliphatic heterocycles. The first-order chi connectivity index (χ1) is 8.63. The Bertz CT molecular complexity index is 402. The summed E-state index contributed by atoms with van der Waals surface area (Å²) in [6.45, 7) is 7.66. The van der Waals surface area contributed by atoms with Gasteiger partial charge in [0.1, 0.15) is 5.82 Å². The summed E-state index contributed by atoms with van der Waals surface area (Å²) in [5, 5.41) is 3.64. The van der Waals surface area contributed by atoms with Gasteiger partial charge in [-0.25, -0.2) is 4.39 Å². The summed E-state index contributed by atoms with van der Waals surface area (Å²) in [6, 6.07) is 5.87. The topological polar surface area (TPSA) is 12.0 Å².